The molecule has 0 aromatic rings. The van der Waals surface area contributed by atoms with Gasteiger partial charge >= 0.3 is 0 Å². The molecular formula is C14H30N2. The first kappa shape index (κ1) is 14.0. The summed E-state index contributed by atoms with van der Waals surface area (Å²) >= 11 is 0. The zero-order chi connectivity index (χ0) is 12.2. The van der Waals surface area contributed by atoms with Crippen LogP contribution in [0.15, 0.2) is 0 Å². The molecule has 2 nitrogen and oxygen atoms in total. The lowest BCUT2D eigenvalue weighted by Crippen LogP contribution is -2.61. The van der Waals surface area contributed by atoms with Crippen LogP contribution in [0, 0.1) is 11.8 Å². The van der Waals surface area contributed by atoms with Crippen LogP contribution in [0.3, 0.4) is 0 Å². The van der Waals surface area contributed by atoms with Crippen molar-refractivity contribution in [2.45, 2.75) is 58.9 Å². The predicted octanol–water partition coefficient (Wildman–Crippen LogP) is 2.87. The van der Waals surface area contributed by atoms with Crippen molar-refractivity contribution >= 4 is 0 Å². The molecule has 0 aromatic carbocycles. The van der Waals surface area contributed by atoms with Gasteiger partial charge < -0.3 is 5.73 Å². The molecule has 0 spiro atoms. The third-order valence-electron chi connectivity index (χ3n) is 4.83. The molecule has 0 radical (unpaired) electrons. The molecule has 3 atom stereocenters. The van der Waals surface area contributed by atoms with Crippen molar-refractivity contribution < 1.29 is 0 Å². The van der Waals surface area contributed by atoms with Gasteiger partial charge in [0.15, 0.2) is 0 Å². The quantitative estimate of drug-likeness (QED) is 0.781. The Morgan fingerprint density at radius 2 is 2.00 bits per heavy atom. The molecule has 1 rings (SSSR count). The summed E-state index contributed by atoms with van der Waals surface area (Å²) in [6.45, 7) is 12.5. The number of nitrogens with two attached hydrogens (primary N) is 1. The Kier molecular flexibility index (Phi) is 5.26. The van der Waals surface area contributed by atoms with E-state index in [0.717, 1.165) is 24.9 Å². The Bertz CT molecular complexity index is 205. The van der Waals surface area contributed by atoms with Gasteiger partial charge in [-0.05, 0) is 37.8 Å². The van der Waals surface area contributed by atoms with Crippen LogP contribution in [0.25, 0.3) is 0 Å². The van der Waals surface area contributed by atoms with Gasteiger partial charge in [-0.15, -0.1) is 0 Å². The lowest BCUT2D eigenvalue weighted by Gasteiger charge is -2.52. The molecule has 1 aliphatic carbocycles. The van der Waals surface area contributed by atoms with Crippen molar-refractivity contribution in [1.29, 1.82) is 0 Å². The van der Waals surface area contributed by atoms with Crippen molar-refractivity contribution in [2.75, 3.05) is 19.6 Å². The summed E-state index contributed by atoms with van der Waals surface area (Å²) in [7, 11) is 0. The first-order valence-corrected chi connectivity index (χ1v) is 7.07. The Morgan fingerprint density at radius 3 is 2.50 bits per heavy atom. The molecule has 0 aliphatic heterocycles. The molecular weight excluding hydrogens is 196 g/mol. The fourth-order valence-corrected chi connectivity index (χ4v) is 3.57. The monoisotopic (exact) mass is 226 g/mol. The van der Waals surface area contributed by atoms with E-state index in [1.54, 1.807) is 0 Å². The minimum Gasteiger partial charge on any atom is -0.329 e. The summed E-state index contributed by atoms with van der Waals surface area (Å²) in [6, 6.07) is 0. The fourth-order valence-electron chi connectivity index (χ4n) is 3.57. The van der Waals surface area contributed by atoms with E-state index >= 15 is 0 Å². The maximum absolute atomic E-state index is 6.16. The molecule has 0 amide bonds. The molecule has 3 unspecified atom stereocenters. The van der Waals surface area contributed by atoms with Gasteiger partial charge in [-0.3, -0.25) is 4.90 Å². The van der Waals surface area contributed by atoms with Gasteiger partial charge in [0.2, 0.25) is 0 Å². The summed E-state index contributed by atoms with van der Waals surface area (Å²) in [5.74, 6) is 1.56. The van der Waals surface area contributed by atoms with E-state index in [1.165, 1.54) is 32.2 Å². The summed E-state index contributed by atoms with van der Waals surface area (Å²) in [4.78, 5) is 2.65. The predicted molar refractivity (Wildman–Crippen MR) is 71.5 cm³/mol. The number of hydrogen-bond acceptors (Lipinski definition) is 2. The molecule has 1 aliphatic rings. The third kappa shape index (κ3) is 2.43. The van der Waals surface area contributed by atoms with Gasteiger partial charge in [-0.1, -0.05) is 40.5 Å². The molecule has 0 bridgehead atoms. The smallest absolute Gasteiger partial charge is 0.0359 e. The first-order chi connectivity index (χ1) is 7.62. The Morgan fingerprint density at radius 1 is 1.31 bits per heavy atom. The van der Waals surface area contributed by atoms with Gasteiger partial charge in [-0.25, -0.2) is 0 Å². The summed E-state index contributed by atoms with van der Waals surface area (Å²) in [5.41, 5.74) is 6.44. The highest BCUT2D eigenvalue weighted by Gasteiger charge is 2.43. The molecule has 16 heavy (non-hydrogen) atoms. The Labute approximate surface area is 102 Å². The maximum atomic E-state index is 6.16. The first-order valence-electron chi connectivity index (χ1n) is 7.07. The van der Waals surface area contributed by atoms with Crippen LogP contribution in [0.1, 0.15) is 53.4 Å². The van der Waals surface area contributed by atoms with Crippen LogP contribution >= 0.6 is 0 Å². The number of likely N-dealkylation sites (N-methyl/N-ethyl adjacent to an activating group) is 1. The van der Waals surface area contributed by atoms with E-state index < -0.39 is 0 Å². The highest BCUT2D eigenvalue weighted by Crippen LogP contribution is 2.41. The van der Waals surface area contributed by atoms with Crippen molar-refractivity contribution in [3.05, 3.63) is 0 Å². The van der Waals surface area contributed by atoms with Crippen LogP contribution < -0.4 is 5.73 Å². The molecule has 0 saturated heterocycles. The molecule has 96 valence electrons. The van der Waals surface area contributed by atoms with Crippen LogP contribution in [0.4, 0.5) is 0 Å². The van der Waals surface area contributed by atoms with E-state index in [0.29, 0.717) is 0 Å². The largest absolute Gasteiger partial charge is 0.329 e. The van der Waals surface area contributed by atoms with Gasteiger partial charge in [-0.2, -0.15) is 0 Å². The van der Waals surface area contributed by atoms with E-state index in [-0.39, 0.29) is 5.54 Å². The van der Waals surface area contributed by atoms with Crippen LogP contribution in [0.5, 0.6) is 0 Å². The summed E-state index contributed by atoms with van der Waals surface area (Å²) in [6.07, 6.45) is 5.26. The molecule has 1 saturated carbocycles. The van der Waals surface area contributed by atoms with Crippen LogP contribution in [0.2, 0.25) is 0 Å². The molecule has 1 fully saturated rings. The lowest BCUT2D eigenvalue weighted by atomic mass is 9.67. The Hall–Kier alpha value is -0.0800. The second-order valence-electron chi connectivity index (χ2n) is 5.55. The average Bonchev–Trinajstić information content (AvgIpc) is 2.30. The maximum Gasteiger partial charge on any atom is 0.0359 e. The summed E-state index contributed by atoms with van der Waals surface area (Å²) in [5, 5.41) is 0. The minimum absolute atomic E-state index is 0.280. The average molecular weight is 226 g/mol. The van der Waals surface area contributed by atoms with Crippen LogP contribution in [-0.4, -0.2) is 30.1 Å². The minimum atomic E-state index is 0.280. The normalized spacial score (nSPS) is 35.6. The fraction of sp³-hybridized carbons (Fsp3) is 1.00. The zero-order valence-corrected chi connectivity index (χ0v) is 11.6. The van der Waals surface area contributed by atoms with Gasteiger partial charge in [0.05, 0.1) is 0 Å². The standard InChI is InChI=1S/C14H30N2/c1-5-10-16(6-2)14(11-15)9-7-8-12(3)13(14)4/h12-13H,5-11,15H2,1-4H3. The van der Waals surface area contributed by atoms with Gasteiger partial charge in [0, 0.05) is 12.1 Å². The van der Waals surface area contributed by atoms with Crippen molar-refractivity contribution in [2.24, 2.45) is 17.6 Å². The molecule has 2 N–H and O–H groups in total. The zero-order valence-electron chi connectivity index (χ0n) is 11.6. The molecule has 0 heterocycles. The third-order valence-corrected chi connectivity index (χ3v) is 4.83. The van der Waals surface area contributed by atoms with E-state index in [2.05, 4.69) is 32.6 Å². The SMILES string of the molecule is CCCN(CC)C1(CN)CCCC(C)C1C. The second-order valence-corrected chi connectivity index (χ2v) is 5.55. The van der Waals surface area contributed by atoms with Crippen molar-refractivity contribution in [1.82, 2.24) is 4.90 Å². The highest BCUT2D eigenvalue weighted by atomic mass is 15.2. The topological polar surface area (TPSA) is 29.3 Å². The summed E-state index contributed by atoms with van der Waals surface area (Å²) < 4.78 is 0. The number of rotatable bonds is 5. The number of hydrogen-bond donors (Lipinski definition) is 1. The van der Waals surface area contributed by atoms with Crippen molar-refractivity contribution in [3.63, 3.8) is 0 Å². The van der Waals surface area contributed by atoms with E-state index in [9.17, 15) is 0 Å². The van der Waals surface area contributed by atoms with Crippen molar-refractivity contribution in [3.8, 4) is 0 Å². The number of nitrogens with zero attached hydrogens (tertiary/aromatic N) is 1. The second kappa shape index (κ2) is 6.02. The molecule has 0 aromatic heterocycles. The lowest BCUT2D eigenvalue weighted by molar-refractivity contribution is -0.00763. The Balaban J connectivity index is 2.88. The van der Waals surface area contributed by atoms with E-state index in [4.69, 9.17) is 5.73 Å². The van der Waals surface area contributed by atoms with Crippen LogP contribution in [-0.2, 0) is 0 Å². The van der Waals surface area contributed by atoms with E-state index in [1.807, 2.05) is 0 Å². The highest BCUT2D eigenvalue weighted by molar-refractivity contribution is 5.00. The van der Waals surface area contributed by atoms with Gasteiger partial charge in [0.25, 0.3) is 0 Å². The molecule has 2 heteroatoms. The van der Waals surface area contributed by atoms with Gasteiger partial charge in [0.1, 0.15) is 0 Å².